The van der Waals surface area contributed by atoms with Gasteiger partial charge in [-0.25, -0.2) is 0 Å². The van der Waals surface area contributed by atoms with Crippen molar-refractivity contribution in [2.24, 2.45) is 0 Å². The second kappa shape index (κ2) is 4.49. The number of ether oxygens (including phenoxy) is 1. The lowest BCUT2D eigenvalue weighted by Crippen LogP contribution is -2.44. The maximum absolute atomic E-state index is 12.0. The summed E-state index contributed by atoms with van der Waals surface area (Å²) >= 11 is 0. The molecule has 1 aromatic rings. The lowest BCUT2D eigenvalue weighted by molar-refractivity contribution is -0.0124. The van der Waals surface area contributed by atoms with E-state index in [9.17, 15) is 9.59 Å². The summed E-state index contributed by atoms with van der Waals surface area (Å²) in [6.07, 6.45) is 1.54. The second-order valence-electron chi connectivity index (χ2n) is 3.87. The average Bonchev–Trinajstić information content (AvgIpc) is 2.28. The standard InChI is InChI=1S/C11H14N2O3/c1-8-7-13(4-5-16-8)11(15)9-2-3-12-10(14)6-9/h2-3,6,8H,4-5,7H2,1H3,(H,12,14). The quantitative estimate of drug-likeness (QED) is 0.740. The molecule has 0 aromatic carbocycles. The molecule has 0 radical (unpaired) electrons. The highest BCUT2D eigenvalue weighted by Crippen LogP contribution is 2.08. The highest BCUT2D eigenvalue weighted by molar-refractivity contribution is 5.94. The number of hydrogen-bond acceptors (Lipinski definition) is 3. The third-order valence-electron chi connectivity index (χ3n) is 2.55. The molecule has 1 amide bonds. The van der Waals surface area contributed by atoms with Gasteiger partial charge in [0, 0.05) is 30.9 Å². The lowest BCUT2D eigenvalue weighted by atomic mass is 10.2. The molecule has 0 saturated carbocycles. The number of carbonyl (C=O) groups excluding carboxylic acids is 1. The fraction of sp³-hybridized carbons (Fsp3) is 0.455. The molecule has 1 aliphatic heterocycles. The van der Waals surface area contributed by atoms with Gasteiger partial charge in [-0.15, -0.1) is 0 Å². The predicted octanol–water partition coefficient (Wildman–Crippen LogP) is 0.236. The number of nitrogens with zero attached hydrogens (tertiary/aromatic N) is 1. The Morgan fingerprint density at radius 1 is 1.62 bits per heavy atom. The summed E-state index contributed by atoms with van der Waals surface area (Å²) in [6, 6.07) is 2.94. The molecule has 2 heterocycles. The van der Waals surface area contributed by atoms with Gasteiger partial charge < -0.3 is 14.6 Å². The van der Waals surface area contributed by atoms with E-state index < -0.39 is 0 Å². The minimum atomic E-state index is -0.257. The van der Waals surface area contributed by atoms with E-state index in [0.717, 1.165) is 0 Å². The number of nitrogens with one attached hydrogen (secondary N) is 1. The summed E-state index contributed by atoms with van der Waals surface area (Å²) in [7, 11) is 0. The van der Waals surface area contributed by atoms with Gasteiger partial charge in [0.1, 0.15) is 0 Å². The molecule has 1 saturated heterocycles. The summed E-state index contributed by atoms with van der Waals surface area (Å²) in [5, 5.41) is 0. The van der Waals surface area contributed by atoms with Crippen molar-refractivity contribution in [3.63, 3.8) is 0 Å². The highest BCUT2D eigenvalue weighted by Gasteiger charge is 2.22. The minimum absolute atomic E-state index is 0.0553. The first kappa shape index (κ1) is 10.9. The fourth-order valence-electron chi connectivity index (χ4n) is 1.76. The van der Waals surface area contributed by atoms with Gasteiger partial charge in [-0.1, -0.05) is 0 Å². The SMILES string of the molecule is CC1CN(C(=O)c2cc[nH]c(=O)c2)CCO1. The molecular weight excluding hydrogens is 208 g/mol. The number of H-pyrrole nitrogens is 1. The van der Waals surface area contributed by atoms with Crippen LogP contribution in [0.3, 0.4) is 0 Å². The van der Waals surface area contributed by atoms with Crippen LogP contribution in [0.4, 0.5) is 0 Å². The third-order valence-corrected chi connectivity index (χ3v) is 2.55. The van der Waals surface area contributed by atoms with E-state index in [1.54, 1.807) is 11.0 Å². The maximum atomic E-state index is 12.0. The largest absolute Gasteiger partial charge is 0.375 e. The fourth-order valence-corrected chi connectivity index (χ4v) is 1.76. The molecule has 16 heavy (non-hydrogen) atoms. The second-order valence-corrected chi connectivity index (χ2v) is 3.87. The van der Waals surface area contributed by atoms with Gasteiger partial charge in [0.05, 0.1) is 12.7 Å². The van der Waals surface area contributed by atoms with Crippen molar-refractivity contribution in [3.8, 4) is 0 Å². The van der Waals surface area contributed by atoms with Crippen LogP contribution in [0.15, 0.2) is 23.1 Å². The van der Waals surface area contributed by atoms with Gasteiger partial charge in [0.25, 0.3) is 5.91 Å². The molecule has 1 aliphatic rings. The van der Waals surface area contributed by atoms with Crippen molar-refractivity contribution in [2.45, 2.75) is 13.0 Å². The first-order valence-electron chi connectivity index (χ1n) is 5.26. The van der Waals surface area contributed by atoms with E-state index in [4.69, 9.17) is 4.74 Å². The number of amides is 1. The maximum Gasteiger partial charge on any atom is 0.254 e. The molecule has 0 aliphatic carbocycles. The zero-order valence-electron chi connectivity index (χ0n) is 9.10. The van der Waals surface area contributed by atoms with E-state index in [-0.39, 0.29) is 17.6 Å². The van der Waals surface area contributed by atoms with Crippen LogP contribution in [0.1, 0.15) is 17.3 Å². The number of aromatic nitrogens is 1. The van der Waals surface area contributed by atoms with E-state index in [1.165, 1.54) is 12.3 Å². The van der Waals surface area contributed by atoms with E-state index >= 15 is 0 Å². The molecule has 2 rings (SSSR count). The summed E-state index contributed by atoms with van der Waals surface area (Å²) < 4.78 is 5.36. The van der Waals surface area contributed by atoms with Gasteiger partial charge in [-0.3, -0.25) is 9.59 Å². The number of hydrogen-bond donors (Lipinski definition) is 1. The number of morpholine rings is 1. The Balaban J connectivity index is 2.15. The van der Waals surface area contributed by atoms with Crippen molar-refractivity contribution in [1.29, 1.82) is 0 Å². The summed E-state index contributed by atoms with van der Waals surface area (Å²) in [5.74, 6) is -0.110. The normalized spacial score (nSPS) is 20.8. The zero-order chi connectivity index (χ0) is 11.5. The molecule has 1 N–H and O–H groups in total. The zero-order valence-corrected chi connectivity index (χ0v) is 9.10. The number of pyridine rings is 1. The van der Waals surface area contributed by atoms with Crippen molar-refractivity contribution in [3.05, 3.63) is 34.2 Å². The Kier molecular flexibility index (Phi) is 3.05. The monoisotopic (exact) mass is 222 g/mol. The molecule has 86 valence electrons. The van der Waals surface area contributed by atoms with Crippen LogP contribution in [0, 0.1) is 0 Å². The number of rotatable bonds is 1. The van der Waals surface area contributed by atoms with Gasteiger partial charge in [-0.2, -0.15) is 0 Å². The molecular formula is C11H14N2O3. The molecule has 0 spiro atoms. The van der Waals surface area contributed by atoms with Crippen LogP contribution in [0.5, 0.6) is 0 Å². The van der Waals surface area contributed by atoms with Crippen molar-refractivity contribution < 1.29 is 9.53 Å². The lowest BCUT2D eigenvalue weighted by Gasteiger charge is -2.31. The first-order valence-corrected chi connectivity index (χ1v) is 5.26. The number of aromatic amines is 1. The van der Waals surface area contributed by atoms with E-state index in [2.05, 4.69) is 4.98 Å². The highest BCUT2D eigenvalue weighted by atomic mass is 16.5. The number of carbonyl (C=O) groups is 1. The molecule has 5 nitrogen and oxygen atoms in total. The van der Waals surface area contributed by atoms with Crippen LogP contribution in [0.2, 0.25) is 0 Å². The Labute approximate surface area is 93.0 Å². The molecule has 1 aromatic heterocycles. The minimum Gasteiger partial charge on any atom is -0.375 e. The van der Waals surface area contributed by atoms with Crippen molar-refractivity contribution in [2.75, 3.05) is 19.7 Å². The molecule has 0 bridgehead atoms. The van der Waals surface area contributed by atoms with Crippen LogP contribution >= 0.6 is 0 Å². The molecule has 1 atom stereocenters. The van der Waals surface area contributed by atoms with Gasteiger partial charge in [-0.05, 0) is 13.0 Å². The van der Waals surface area contributed by atoms with Crippen molar-refractivity contribution >= 4 is 5.91 Å². The topological polar surface area (TPSA) is 62.4 Å². The van der Waals surface area contributed by atoms with Gasteiger partial charge in [0.15, 0.2) is 0 Å². The van der Waals surface area contributed by atoms with Crippen molar-refractivity contribution in [1.82, 2.24) is 9.88 Å². The smallest absolute Gasteiger partial charge is 0.254 e. The third kappa shape index (κ3) is 2.30. The predicted molar refractivity (Wildman–Crippen MR) is 58.4 cm³/mol. The molecule has 1 fully saturated rings. The Hall–Kier alpha value is -1.62. The van der Waals surface area contributed by atoms with E-state index in [0.29, 0.717) is 25.3 Å². The van der Waals surface area contributed by atoms with Gasteiger partial charge >= 0.3 is 0 Å². The van der Waals surface area contributed by atoms with Crippen LogP contribution in [-0.2, 0) is 4.74 Å². The van der Waals surface area contributed by atoms with Crippen LogP contribution in [0.25, 0.3) is 0 Å². The first-order chi connectivity index (χ1) is 7.66. The Bertz CT molecular complexity index is 441. The van der Waals surface area contributed by atoms with Crippen LogP contribution < -0.4 is 5.56 Å². The summed E-state index contributed by atoms with van der Waals surface area (Å²) in [5.41, 5.74) is 0.171. The Morgan fingerprint density at radius 3 is 3.12 bits per heavy atom. The van der Waals surface area contributed by atoms with Gasteiger partial charge in [0.2, 0.25) is 5.56 Å². The molecule has 1 unspecified atom stereocenters. The van der Waals surface area contributed by atoms with E-state index in [1.807, 2.05) is 6.92 Å². The average molecular weight is 222 g/mol. The van der Waals surface area contributed by atoms with Crippen LogP contribution in [-0.4, -0.2) is 41.6 Å². The summed E-state index contributed by atoms with van der Waals surface area (Å²) in [4.78, 5) is 27.3. The summed E-state index contributed by atoms with van der Waals surface area (Å²) in [6.45, 7) is 3.63. The Morgan fingerprint density at radius 2 is 2.44 bits per heavy atom. The molecule has 5 heteroatoms.